The number of Topliss-reactive ketones (excluding diaryl/α,β-unsaturated/α-hetero) is 1. The van der Waals surface area contributed by atoms with Gasteiger partial charge in [-0.1, -0.05) is 28.1 Å². The van der Waals surface area contributed by atoms with Crippen molar-refractivity contribution in [2.24, 2.45) is 0 Å². The van der Waals surface area contributed by atoms with E-state index in [4.69, 9.17) is 0 Å². The Morgan fingerprint density at radius 1 is 1.23 bits per heavy atom. The van der Waals surface area contributed by atoms with Gasteiger partial charge >= 0.3 is 0 Å². The van der Waals surface area contributed by atoms with Crippen LogP contribution in [0.15, 0.2) is 28.7 Å². The van der Waals surface area contributed by atoms with Gasteiger partial charge in [0.2, 0.25) is 5.91 Å². The van der Waals surface area contributed by atoms with Gasteiger partial charge in [-0.25, -0.2) is 8.42 Å². The lowest BCUT2D eigenvalue weighted by molar-refractivity contribution is -0.122. The highest BCUT2D eigenvalue weighted by atomic mass is 79.9. The summed E-state index contributed by atoms with van der Waals surface area (Å²) in [7, 11) is -3.06. The van der Waals surface area contributed by atoms with E-state index < -0.39 is 15.4 Å². The highest BCUT2D eigenvalue weighted by molar-refractivity contribution is 9.10. The maximum Gasteiger partial charge on any atom is 0.220 e. The first-order valence-corrected chi connectivity index (χ1v) is 9.61. The Kier molecular flexibility index (Phi) is 5.07. The third kappa shape index (κ3) is 4.64. The number of hydrogen-bond acceptors (Lipinski definition) is 4. The molecule has 5 nitrogen and oxygen atoms in total. The Balaban J connectivity index is 1.85. The van der Waals surface area contributed by atoms with E-state index in [0.717, 1.165) is 4.47 Å². The van der Waals surface area contributed by atoms with Crippen molar-refractivity contribution in [3.05, 3.63) is 34.3 Å². The molecule has 2 rings (SSSR count). The van der Waals surface area contributed by atoms with Crippen LogP contribution in [0.25, 0.3) is 0 Å². The molecule has 1 fully saturated rings. The molecule has 22 heavy (non-hydrogen) atoms. The van der Waals surface area contributed by atoms with Crippen LogP contribution in [0.1, 0.15) is 36.5 Å². The van der Waals surface area contributed by atoms with Crippen LogP contribution in [0.2, 0.25) is 0 Å². The average molecular weight is 388 g/mol. The fourth-order valence-electron chi connectivity index (χ4n) is 2.52. The van der Waals surface area contributed by atoms with Crippen LogP contribution < -0.4 is 5.32 Å². The molecule has 120 valence electrons. The SMILES string of the molecule is CC1(NC(=O)CCC(=O)c2ccc(Br)cc2)CCS(=O)(=O)C1. The molecule has 1 aliphatic heterocycles. The molecule has 1 atom stereocenters. The number of nitrogens with one attached hydrogen (secondary N) is 1. The fourth-order valence-corrected chi connectivity index (χ4v) is 4.87. The monoisotopic (exact) mass is 387 g/mol. The second-order valence-electron chi connectivity index (χ2n) is 5.88. The molecule has 1 aromatic rings. The standard InChI is InChI=1S/C15H18BrNO4S/c1-15(8-9-22(20,21)10-15)17-14(19)7-6-13(18)11-2-4-12(16)5-3-11/h2-5H,6-10H2,1H3,(H,17,19). The number of carbonyl (C=O) groups is 2. The van der Waals surface area contributed by atoms with E-state index in [1.165, 1.54) is 0 Å². The number of rotatable bonds is 5. The fraction of sp³-hybridized carbons (Fsp3) is 0.467. The van der Waals surface area contributed by atoms with E-state index >= 15 is 0 Å². The van der Waals surface area contributed by atoms with Crippen molar-refractivity contribution in [2.45, 2.75) is 31.7 Å². The van der Waals surface area contributed by atoms with Gasteiger partial charge in [0, 0.05) is 22.9 Å². The van der Waals surface area contributed by atoms with Gasteiger partial charge < -0.3 is 5.32 Å². The first-order valence-electron chi connectivity index (χ1n) is 6.99. The predicted octanol–water partition coefficient (Wildman–Crippen LogP) is 2.11. The second-order valence-corrected chi connectivity index (χ2v) is 8.98. The van der Waals surface area contributed by atoms with Gasteiger partial charge in [0.15, 0.2) is 15.6 Å². The Morgan fingerprint density at radius 2 is 1.86 bits per heavy atom. The molecule has 1 unspecified atom stereocenters. The van der Waals surface area contributed by atoms with Crippen molar-refractivity contribution in [2.75, 3.05) is 11.5 Å². The van der Waals surface area contributed by atoms with Gasteiger partial charge in [0.25, 0.3) is 0 Å². The molecular weight excluding hydrogens is 370 g/mol. The smallest absolute Gasteiger partial charge is 0.220 e. The average Bonchev–Trinajstić information content (AvgIpc) is 2.70. The molecule has 0 aromatic heterocycles. The summed E-state index contributed by atoms with van der Waals surface area (Å²) in [6.07, 6.45) is 0.586. The maximum absolute atomic E-state index is 12.0. The van der Waals surface area contributed by atoms with Crippen LogP contribution in [0.4, 0.5) is 0 Å². The van der Waals surface area contributed by atoms with E-state index in [1.54, 1.807) is 31.2 Å². The first-order chi connectivity index (χ1) is 10.2. The molecule has 1 amide bonds. The number of hydrogen-bond donors (Lipinski definition) is 1. The van der Waals surface area contributed by atoms with Gasteiger partial charge in [-0.15, -0.1) is 0 Å². The number of amides is 1. The number of carbonyl (C=O) groups excluding carboxylic acids is 2. The quantitative estimate of drug-likeness (QED) is 0.784. The molecular formula is C15H18BrNO4S. The van der Waals surface area contributed by atoms with E-state index in [-0.39, 0.29) is 36.0 Å². The lowest BCUT2D eigenvalue weighted by Crippen LogP contribution is -2.46. The largest absolute Gasteiger partial charge is 0.350 e. The maximum atomic E-state index is 12.0. The van der Waals surface area contributed by atoms with Gasteiger partial charge in [-0.05, 0) is 25.5 Å². The van der Waals surface area contributed by atoms with Crippen molar-refractivity contribution in [3.8, 4) is 0 Å². The molecule has 0 bridgehead atoms. The Morgan fingerprint density at radius 3 is 2.41 bits per heavy atom. The van der Waals surface area contributed by atoms with Crippen LogP contribution in [0.3, 0.4) is 0 Å². The summed E-state index contributed by atoms with van der Waals surface area (Å²) in [6, 6.07) is 6.96. The molecule has 1 aliphatic rings. The molecule has 0 aliphatic carbocycles. The predicted molar refractivity (Wildman–Crippen MR) is 87.5 cm³/mol. The van der Waals surface area contributed by atoms with Gasteiger partial charge in [0.1, 0.15) is 0 Å². The molecule has 0 saturated carbocycles. The van der Waals surface area contributed by atoms with E-state index in [9.17, 15) is 18.0 Å². The van der Waals surface area contributed by atoms with E-state index in [2.05, 4.69) is 21.2 Å². The number of halogens is 1. The second kappa shape index (κ2) is 6.50. The zero-order valence-corrected chi connectivity index (χ0v) is 14.7. The van der Waals surface area contributed by atoms with Crippen LogP contribution in [-0.2, 0) is 14.6 Å². The normalized spacial score (nSPS) is 23.2. The molecule has 1 heterocycles. The lowest BCUT2D eigenvalue weighted by atomic mass is 10.0. The lowest BCUT2D eigenvalue weighted by Gasteiger charge is -2.23. The molecule has 7 heteroatoms. The zero-order valence-electron chi connectivity index (χ0n) is 12.3. The summed E-state index contributed by atoms with van der Waals surface area (Å²) in [5.41, 5.74) is -0.151. The van der Waals surface area contributed by atoms with Crippen molar-refractivity contribution >= 4 is 37.5 Å². The highest BCUT2D eigenvalue weighted by Crippen LogP contribution is 2.23. The minimum atomic E-state index is -3.06. The van der Waals surface area contributed by atoms with Crippen LogP contribution in [-0.4, -0.2) is 37.2 Å². The first kappa shape index (κ1) is 17.1. The third-order valence-electron chi connectivity index (χ3n) is 3.69. The molecule has 0 spiro atoms. The Bertz CT molecular complexity index is 684. The number of benzene rings is 1. The van der Waals surface area contributed by atoms with Crippen molar-refractivity contribution in [3.63, 3.8) is 0 Å². The van der Waals surface area contributed by atoms with Crippen molar-refractivity contribution < 1.29 is 18.0 Å². The van der Waals surface area contributed by atoms with Gasteiger partial charge in [-0.3, -0.25) is 9.59 Å². The zero-order chi connectivity index (χ0) is 16.4. The van der Waals surface area contributed by atoms with Gasteiger partial charge in [0.05, 0.1) is 17.0 Å². The summed E-state index contributed by atoms with van der Waals surface area (Å²) in [5, 5.41) is 2.75. The van der Waals surface area contributed by atoms with Crippen molar-refractivity contribution in [1.29, 1.82) is 0 Å². The van der Waals surface area contributed by atoms with Crippen LogP contribution in [0.5, 0.6) is 0 Å². The Labute approximate surface area is 138 Å². The molecule has 0 radical (unpaired) electrons. The summed E-state index contributed by atoms with van der Waals surface area (Å²) in [4.78, 5) is 23.9. The third-order valence-corrected chi connectivity index (χ3v) is 6.12. The minimum absolute atomic E-state index is 0.0353. The molecule has 1 N–H and O–H groups in total. The van der Waals surface area contributed by atoms with Crippen molar-refractivity contribution in [1.82, 2.24) is 5.32 Å². The summed E-state index contributed by atoms with van der Waals surface area (Å²) >= 11 is 3.30. The van der Waals surface area contributed by atoms with Crippen LogP contribution >= 0.6 is 15.9 Å². The number of ketones is 1. The topological polar surface area (TPSA) is 80.3 Å². The van der Waals surface area contributed by atoms with Gasteiger partial charge in [-0.2, -0.15) is 0 Å². The number of sulfone groups is 1. The Hall–Kier alpha value is -1.21. The highest BCUT2D eigenvalue weighted by Gasteiger charge is 2.39. The molecule has 1 saturated heterocycles. The van der Waals surface area contributed by atoms with E-state index in [1.807, 2.05) is 0 Å². The van der Waals surface area contributed by atoms with Crippen LogP contribution in [0, 0.1) is 0 Å². The summed E-state index contributed by atoms with van der Waals surface area (Å²) < 4.78 is 23.9. The summed E-state index contributed by atoms with van der Waals surface area (Å²) in [6.45, 7) is 1.73. The summed E-state index contributed by atoms with van der Waals surface area (Å²) in [5.74, 6) is -0.328. The molecule has 1 aromatic carbocycles. The minimum Gasteiger partial charge on any atom is -0.350 e. The van der Waals surface area contributed by atoms with E-state index in [0.29, 0.717) is 12.0 Å².